The van der Waals surface area contributed by atoms with E-state index in [1.807, 2.05) is 30.5 Å². The SMILES string of the molecule is C=CC(C(=C)C=Cc1[nH]c2c(c1CC)CCC=C2)=C(C=CC(C)C)c1ccccn1. The molecule has 154 valence electrons. The summed E-state index contributed by atoms with van der Waals surface area (Å²) in [5, 5.41) is 0. The van der Waals surface area contributed by atoms with E-state index in [4.69, 9.17) is 0 Å². The summed E-state index contributed by atoms with van der Waals surface area (Å²) in [6.07, 6.45) is 20.0. The van der Waals surface area contributed by atoms with Crippen LogP contribution in [0.5, 0.6) is 0 Å². The lowest BCUT2D eigenvalue weighted by atomic mass is 9.95. The van der Waals surface area contributed by atoms with E-state index >= 15 is 0 Å². The quantitative estimate of drug-likeness (QED) is 0.464. The molecule has 0 saturated heterocycles. The molecule has 1 N–H and O–H groups in total. The second-order valence-corrected chi connectivity index (χ2v) is 7.91. The third kappa shape index (κ3) is 4.88. The number of nitrogens with zero attached hydrogens (tertiary/aromatic N) is 1. The topological polar surface area (TPSA) is 28.7 Å². The van der Waals surface area contributed by atoms with E-state index in [1.165, 1.54) is 22.5 Å². The van der Waals surface area contributed by atoms with Gasteiger partial charge in [0.25, 0.3) is 0 Å². The summed E-state index contributed by atoms with van der Waals surface area (Å²) in [7, 11) is 0. The Hall–Kier alpha value is -3.13. The molecule has 2 aromatic rings. The second kappa shape index (κ2) is 10.1. The van der Waals surface area contributed by atoms with Crippen LogP contribution in [0.1, 0.15) is 55.4 Å². The van der Waals surface area contributed by atoms with Gasteiger partial charge in [-0.2, -0.15) is 0 Å². The lowest BCUT2D eigenvalue weighted by Crippen LogP contribution is -1.94. The first-order valence-electron chi connectivity index (χ1n) is 10.8. The number of hydrogen-bond donors (Lipinski definition) is 1. The molecule has 1 aliphatic rings. The molecular weight excluding hydrogens is 364 g/mol. The average molecular weight is 397 g/mol. The van der Waals surface area contributed by atoms with E-state index in [0.717, 1.165) is 41.7 Å². The van der Waals surface area contributed by atoms with Crippen molar-refractivity contribution in [3.8, 4) is 0 Å². The number of fused-ring (bicyclic) bond motifs is 1. The molecule has 2 aromatic heterocycles. The fourth-order valence-corrected chi connectivity index (χ4v) is 3.84. The smallest absolute Gasteiger partial charge is 0.0708 e. The number of pyridine rings is 1. The lowest BCUT2D eigenvalue weighted by Gasteiger charge is -2.10. The van der Waals surface area contributed by atoms with Gasteiger partial charge in [-0.25, -0.2) is 0 Å². The number of aromatic amines is 1. The van der Waals surface area contributed by atoms with Gasteiger partial charge in [0, 0.05) is 23.2 Å². The molecule has 0 saturated carbocycles. The van der Waals surface area contributed by atoms with Crippen molar-refractivity contribution >= 4 is 17.7 Å². The second-order valence-electron chi connectivity index (χ2n) is 7.91. The molecule has 2 heterocycles. The summed E-state index contributed by atoms with van der Waals surface area (Å²) in [6, 6.07) is 5.97. The van der Waals surface area contributed by atoms with Gasteiger partial charge in [0.15, 0.2) is 0 Å². The maximum atomic E-state index is 4.56. The normalized spacial score (nSPS) is 14.4. The number of hydrogen-bond acceptors (Lipinski definition) is 1. The van der Waals surface area contributed by atoms with Crippen LogP contribution in [0.25, 0.3) is 17.7 Å². The molecule has 0 amide bonds. The van der Waals surface area contributed by atoms with Crippen molar-refractivity contribution < 1.29 is 0 Å². The first-order chi connectivity index (χ1) is 14.5. The highest BCUT2D eigenvalue weighted by Crippen LogP contribution is 2.29. The number of nitrogens with one attached hydrogen (secondary N) is 1. The Labute approximate surface area is 181 Å². The Bertz CT molecular complexity index is 1020. The molecule has 0 fully saturated rings. The van der Waals surface area contributed by atoms with Gasteiger partial charge in [0.2, 0.25) is 0 Å². The Kier molecular flexibility index (Phi) is 7.24. The number of allylic oxidation sites excluding steroid dienone is 8. The predicted octanol–water partition coefficient (Wildman–Crippen LogP) is 7.35. The largest absolute Gasteiger partial charge is 0.355 e. The molecular formula is C28H32N2. The summed E-state index contributed by atoms with van der Waals surface area (Å²) in [6.45, 7) is 15.0. The minimum absolute atomic E-state index is 0.448. The van der Waals surface area contributed by atoms with Crippen LogP contribution in [0.3, 0.4) is 0 Å². The van der Waals surface area contributed by atoms with Crippen LogP contribution in [0.4, 0.5) is 0 Å². The Morgan fingerprint density at radius 1 is 1.27 bits per heavy atom. The molecule has 2 nitrogen and oxygen atoms in total. The first-order valence-corrected chi connectivity index (χ1v) is 10.8. The van der Waals surface area contributed by atoms with Gasteiger partial charge in [-0.15, -0.1) is 0 Å². The number of rotatable bonds is 8. The van der Waals surface area contributed by atoms with Crippen molar-refractivity contribution in [2.75, 3.05) is 0 Å². The number of H-pyrrole nitrogens is 1. The van der Waals surface area contributed by atoms with E-state index in [-0.39, 0.29) is 0 Å². The zero-order valence-corrected chi connectivity index (χ0v) is 18.4. The fourth-order valence-electron chi connectivity index (χ4n) is 3.84. The van der Waals surface area contributed by atoms with Gasteiger partial charge < -0.3 is 4.98 Å². The van der Waals surface area contributed by atoms with Crippen LogP contribution in [-0.4, -0.2) is 9.97 Å². The molecule has 0 unspecified atom stereocenters. The van der Waals surface area contributed by atoms with Crippen molar-refractivity contribution in [1.29, 1.82) is 0 Å². The van der Waals surface area contributed by atoms with Gasteiger partial charge >= 0.3 is 0 Å². The summed E-state index contributed by atoms with van der Waals surface area (Å²) in [5.41, 5.74) is 9.17. The maximum absolute atomic E-state index is 4.56. The summed E-state index contributed by atoms with van der Waals surface area (Å²) < 4.78 is 0. The maximum Gasteiger partial charge on any atom is 0.0708 e. The van der Waals surface area contributed by atoms with E-state index < -0.39 is 0 Å². The highest BCUT2D eigenvalue weighted by atomic mass is 14.7. The van der Waals surface area contributed by atoms with Gasteiger partial charge in [-0.1, -0.05) is 70.4 Å². The summed E-state index contributed by atoms with van der Waals surface area (Å²) in [5.74, 6) is 0.448. The zero-order chi connectivity index (χ0) is 21.5. The van der Waals surface area contributed by atoms with Gasteiger partial charge in [0.1, 0.15) is 0 Å². The highest BCUT2D eigenvalue weighted by molar-refractivity contribution is 5.81. The third-order valence-corrected chi connectivity index (χ3v) is 5.36. The van der Waals surface area contributed by atoms with Crippen LogP contribution in [0.15, 0.2) is 79.1 Å². The van der Waals surface area contributed by atoms with E-state index in [0.29, 0.717) is 5.92 Å². The van der Waals surface area contributed by atoms with Crippen molar-refractivity contribution in [3.05, 3.63) is 107 Å². The molecule has 1 aliphatic carbocycles. The van der Waals surface area contributed by atoms with Crippen LogP contribution in [-0.2, 0) is 12.8 Å². The predicted molar refractivity (Wildman–Crippen MR) is 131 cm³/mol. The Morgan fingerprint density at radius 2 is 2.10 bits per heavy atom. The van der Waals surface area contributed by atoms with Crippen LogP contribution in [0, 0.1) is 5.92 Å². The van der Waals surface area contributed by atoms with Crippen LogP contribution in [0.2, 0.25) is 0 Å². The fraction of sp³-hybridized carbons (Fsp3) is 0.250. The Morgan fingerprint density at radius 3 is 2.77 bits per heavy atom. The molecule has 0 aromatic carbocycles. The zero-order valence-electron chi connectivity index (χ0n) is 18.4. The molecule has 3 rings (SSSR count). The lowest BCUT2D eigenvalue weighted by molar-refractivity contribution is 0.832. The standard InChI is InChI=1S/C28H32N2/c1-6-22(25(17-15-20(3)4)26-13-10-11-19-29-26)21(5)16-18-28-23(7-2)24-12-8-9-14-27(24)30-28/h6,9-11,13-20,30H,1,5,7-8,12H2,2-4H3. The molecule has 30 heavy (non-hydrogen) atoms. The van der Waals surface area contributed by atoms with Crippen molar-refractivity contribution in [1.82, 2.24) is 9.97 Å². The van der Waals surface area contributed by atoms with E-state index in [9.17, 15) is 0 Å². The highest BCUT2D eigenvalue weighted by Gasteiger charge is 2.15. The van der Waals surface area contributed by atoms with Crippen LogP contribution < -0.4 is 0 Å². The number of aromatic nitrogens is 2. The van der Waals surface area contributed by atoms with Crippen molar-refractivity contribution in [2.24, 2.45) is 5.92 Å². The molecule has 0 atom stereocenters. The molecule has 0 bridgehead atoms. The molecule has 0 aliphatic heterocycles. The average Bonchev–Trinajstić information content (AvgIpc) is 3.12. The van der Waals surface area contributed by atoms with Gasteiger partial charge in [-0.05, 0) is 71.7 Å². The first kappa shape index (κ1) is 21.6. The van der Waals surface area contributed by atoms with Crippen LogP contribution >= 0.6 is 0 Å². The summed E-state index contributed by atoms with van der Waals surface area (Å²) in [4.78, 5) is 8.15. The van der Waals surface area contributed by atoms with Crippen molar-refractivity contribution in [2.45, 2.75) is 40.0 Å². The van der Waals surface area contributed by atoms with Gasteiger partial charge in [0.05, 0.1) is 5.69 Å². The molecule has 0 radical (unpaired) electrons. The van der Waals surface area contributed by atoms with E-state index in [1.54, 1.807) is 0 Å². The molecule has 2 heteroatoms. The van der Waals surface area contributed by atoms with Gasteiger partial charge in [-0.3, -0.25) is 4.98 Å². The third-order valence-electron chi connectivity index (χ3n) is 5.36. The van der Waals surface area contributed by atoms with Crippen molar-refractivity contribution in [3.63, 3.8) is 0 Å². The monoisotopic (exact) mass is 396 g/mol. The minimum Gasteiger partial charge on any atom is -0.355 e. The molecule has 0 spiro atoms. The minimum atomic E-state index is 0.448. The van der Waals surface area contributed by atoms with E-state index in [2.05, 4.69) is 80.4 Å². The Balaban J connectivity index is 1.99. The summed E-state index contributed by atoms with van der Waals surface area (Å²) >= 11 is 0.